The molecule has 62 valence electrons. The zero-order valence-corrected chi connectivity index (χ0v) is 7.55. The van der Waals surface area contributed by atoms with Crippen LogP contribution in [0.15, 0.2) is 0 Å². The van der Waals surface area contributed by atoms with Crippen LogP contribution in [0.3, 0.4) is 0 Å². The Morgan fingerprint density at radius 3 is 2.27 bits per heavy atom. The summed E-state index contributed by atoms with van der Waals surface area (Å²) in [7, 11) is 0. The molecular weight excluding hydrogens is 136 g/mol. The molecule has 3 fully saturated rings. The summed E-state index contributed by atoms with van der Waals surface area (Å²) in [5.74, 6) is 2.29. The number of carbonyl (C=O) groups excluding carboxylic acids is 1. The van der Waals surface area contributed by atoms with Gasteiger partial charge in [-0.1, -0.05) is 20.8 Å². The molecule has 0 aromatic rings. The van der Waals surface area contributed by atoms with E-state index in [9.17, 15) is 4.79 Å². The SMILES string of the molecule is CC1C(=O)C(C)(C)C2CC1C2. The summed E-state index contributed by atoms with van der Waals surface area (Å²) in [5, 5.41) is 0. The van der Waals surface area contributed by atoms with Gasteiger partial charge in [-0.3, -0.25) is 4.79 Å². The maximum absolute atomic E-state index is 11.7. The van der Waals surface area contributed by atoms with E-state index in [1.807, 2.05) is 0 Å². The fraction of sp³-hybridized carbons (Fsp3) is 0.900. The second-order valence-electron chi connectivity index (χ2n) is 4.80. The van der Waals surface area contributed by atoms with Crippen molar-refractivity contribution in [2.75, 3.05) is 0 Å². The van der Waals surface area contributed by atoms with Crippen LogP contribution in [0.2, 0.25) is 0 Å². The molecule has 3 rings (SSSR count). The number of fused-ring (bicyclic) bond motifs is 2. The first-order valence-corrected chi connectivity index (χ1v) is 4.58. The quantitative estimate of drug-likeness (QED) is 0.520. The van der Waals surface area contributed by atoms with Crippen molar-refractivity contribution in [3.05, 3.63) is 0 Å². The Bertz CT molecular complexity index is 199. The summed E-state index contributed by atoms with van der Waals surface area (Å²) in [6.45, 7) is 6.34. The molecule has 1 nitrogen and oxygen atoms in total. The Morgan fingerprint density at radius 1 is 1.36 bits per heavy atom. The third kappa shape index (κ3) is 0.743. The van der Waals surface area contributed by atoms with Crippen molar-refractivity contribution in [3.63, 3.8) is 0 Å². The third-order valence-corrected chi connectivity index (χ3v) is 3.95. The molecule has 0 amide bonds. The summed E-state index contributed by atoms with van der Waals surface area (Å²) < 4.78 is 0. The van der Waals surface area contributed by atoms with Crippen LogP contribution in [-0.2, 0) is 4.79 Å². The van der Waals surface area contributed by atoms with Crippen LogP contribution in [-0.4, -0.2) is 5.78 Å². The van der Waals surface area contributed by atoms with Gasteiger partial charge in [-0.25, -0.2) is 0 Å². The maximum atomic E-state index is 11.7. The van der Waals surface area contributed by atoms with Crippen LogP contribution in [0.25, 0.3) is 0 Å². The van der Waals surface area contributed by atoms with E-state index in [2.05, 4.69) is 20.8 Å². The molecule has 0 aromatic carbocycles. The second kappa shape index (κ2) is 1.88. The zero-order chi connectivity index (χ0) is 8.22. The van der Waals surface area contributed by atoms with Crippen LogP contribution in [0.4, 0.5) is 0 Å². The van der Waals surface area contributed by atoms with Gasteiger partial charge in [0, 0.05) is 11.3 Å². The van der Waals surface area contributed by atoms with Gasteiger partial charge in [-0.2, -0.15) is 0 Å². The van der Waals surface area contributed by atoms with E-state index >= 15 is 0 Å². The van der Waals surface area contributed by atoms with Crippen molar-refractivity contribution in [3.8, 4) is 0 Å². The molecule has 11 heavy (non-hydrogen) atoms. The van der Waals surface area contributed by atoms with E-state index in [0.717, 1.165) is 5.92 Å². The number of hydrogen-bond donors (Lipinski definition) is 0. The van der Waals surface area contributed by atoms with Crippen molar-refractivity contribution in [2.24, 2.45) is 23.2 Å². The Kier molecular flexibility index (Phi) is 1.25. The minimum atomic E-state index is -0.00579. The van der Waals surface area contributed by atoms with E-state index in [4.69, 9.17) is 0 Å². The predicted molar refractivity (Wildman–Crippen MR) is 44.2 cm³/mol. The van der Waals surface area contributed by atoms with Crippen LogP contribution >= 0.6 is 0 Å². The highest BCUT2D eigenvalue weighted by atomic mass is 16.1. The van der Waals surface area contributed by atoms with E-state index < -0.39 is 0 Å². The van der Waals surface area contributed by atoms with Gasteiger partial charge in [0.05, 0.1) is 0 Å². The van der Waals surface area contributed by atoms with Gasteiger partial charge in [0.2, 0.25) is 0 Å². The lowest BCUT2D eigenvalue weighted by Crippen LogP contribution is -2.53. The second-order valence-corrected chi connectivity index (χ2v) is 4.80. The average Bonchev–Trinajstić information content (AvgIpc) is 1.78. The first-order valence-electron chi connectivity index (χ1n) is 4.58. The minimum Gasteiger partial charge on any atom is -0.299 e. The molecule has 3 saturated carbocycles. The van der Waals surface area contributed by atoms with Crippen molar-refractivity contribution in [2.45, 2.75) is 33.6 Å². The molecular formula is C10H16O. The van der Waals surface area contributed by atoms with Crippen LogP contribution in [0.1, 0.15) is 33.6 Å². The van der Waals surface area contributed by atoms with Gasteiger partial charge in [0.1, 0.15) is 5.78 Å². The molecule has 2 bridgehead atoms. The lowest BCUT2D eigenvalue weighted by atomic mass is 9.49. The smallest absolute Gasteiger partial charge is 0.141 e. The molecule has 0 radical (unpaired) electrons. The van der Waals surface area contributed by atoms with Crippen LogP contribution < -0.4 is 0 Å². The molecule has 0 aliphatic heterocycles. The van der Waals surface area contributed by atoms with Crippen LogP contribution in [0, 0.1) is 23.2 Å². The van der Waals surface area contributed by atoms with Gasteiger partial charge >= 0.3 is 0 Å². The third-order valence-electron chi connectivity index (χ3n) is 3.95. The van der Waals surface area contributed by atoms with Crippen molar-refractivity contribution in [1.29, 1.82) is 0 Å². The van der Waals surface area contributed by atoms with Gasteiger partial charge in [-0.05, 0) is 24.7 Å². The van der Waals surface area contributed by atoms with E-state index in [-0.39, 0.29) is 5.41 Å². The summed E-state index contributed by atoms with van der Waals surface area (Å²) >= 11 is 0. The van der Waals surface area contributed by atoms with Crippen molar-refractivity contribution < 1.29 is 4.79 Å². The maximum Gasteiger partial charge on any atom is 0.141 e. The minimum absolute atomic E-state index is 0.00579. The lowest BCUT2D eigenvalue weighted by molar-refractivity contribution is -0.151. The molecule has 1 atom stereocenters. The fourth-order valence-corrected chi connectivity index (χ4v) is 2.66. The molecule has 0 aromatic heterocycles. The molecule has 1 unspecified atom stereocenters. The normalized spacial score (nSPS) is 46.8. The Morgan fingerprint density at radius 2 is 1.91 bits per heavy atom. The van der Waals surface area contributed by atoms with Gasteiger partial charge in [0.25, 0.3) is 0 Å². The fourth-order valence-electron chi connectivity index (χ4n) is 2.66. The van der Waals surface area contributed by atoms with Crippen molar-refractivity contribution in [1.82, 2.24) is 0 Å². The predicted octanol–water partition coefficient (Wildman–Crippen LogP) is 2.26. The van der Waals surface area contributed by atoms with Gasteiger partial charge in [0.15, 0.2) is 0 Å². The van der Waals surface area contributed by atoms with E-state index in [0.29, 0.717) is 17.6 Å². The van der Waals surface area contributed by atoms with E-state index in [1.54, 1.807) is 0 Å². The first-order chi connectivity index (χ1) is 5.03. The first kappa shape index (κ1) is 7.33. The average molecular weight is 152 g/mol. The molecule has 0 heterocycles. The number of hydrogen-bond acceptors (Lipinski definition) is 1. The van der Waals surface area contributed by atoms with Gasteiger partial charge < -0.3 is 0 Å². The summed E-state index contributed by atoms with van der Waals surface area (Å²) in [6.07, 6.45) is 2.61. The van der Waals surface area contributed by atoms with Crippen molar-refractivity contribution >= 4 is 5.78 Å². The highest BCUT2D eigenvalue weighted by Gasteiger charge is 2.53. The molecule has 1 heteroatoms. The molecule has 0 N–H and O–H groups in total. The zero-order valence-electron chi connectivity index (χ0n) is 7.55. The highest BCUT2D eigenvalue weighted by molar-refractivity contribution is 5.88. The number of Topliss-reactive ketones (excluding diaryl/α,β-unsaturated/α-hetero) is 1. The number of ketones is 1. The van der Waals surface area contributed by atoms with E-state index in [1.165, 1.54) is 12.8 Å². The lowest BCUT2D eigenvalue weighted by Gasteiger charge is -2.53. The Labute approximate surface area is 68.2 Å². The summed E-state index contributed by atoms with van der Waals surface area (Å²) in [5.41, 5.74) is -0.00579. The highest BCUT2D eigenvalue weighted by Crippen LogP contribution is 2.55. The van der Waals surface area contributed by atoms with Crippen LogP contribution in [0.5, 0.6) is 0 Å². The molecule has 0 saturated heterocycles. The topological polar surface area (TPSA) is 17.1 Å². The number of carbonyl (C=O) groups is 1. The summed E-state index contributed by atoms with van der Waals surface area (Å²) in [6, 6.07) is 0. The van der Waals surface area contributed by atoms with Gasteiger partial charge in [-0.15, -0.1) is 0 Å². The number of rotatable bonds is 0. The standard InChI is InChI=1S/C10H16O/c1-6-7-4-8(5-7)10(2,3)9(6)11/h6-8H,4-5H2,1-3H3. The monoisotopic (exact) mass is 152 g/mol. The largest absolute Gasteiger partial charge is 0.299 e. The molecule has 0 spiro atoms. The molecule has 3 aliphatic carbocycles. The Balaban J connectivity index is 2.28. The summed E-state index contributed by atoms with van der Waals surface area (Å²) in [4.78, 5) is 11.7. The molecule has 3 aliphatic rings. The Hall–Kier alpha value is -0.330.